The van der Waals surface area contributed by atoms with Crippen molar-refractivity contribution in [2.75, 3.05) is 11.1 Å². The first-order valence-corrected chi connectivity index (χ1v) is 9.40. The highest BCUT2D eigenvalue weighted by atomic mass is 35.5. The van der Waals surface area contributed by atoms with E-state index < -0.39 is 0 Å². The molecule has 3 N–H and O–H groups in total. The van der Waals surface area contributed by atoms with Gasteiger partial charge in [0, 0.05) is 12.2 Å². The maximum atomic E-state index is 6.28. The van der Waals surface area contributed by atoms with Gasteiger partial charge in [0.25, 0.3) is 0 Å². The minimum atomic E-state index is 0.657. The second kappa shape index (κ2) is 7.33. The molecule has 0 atom stereocenters. The SMILES string of the molecule is C=C(Nc1ccccc1Cl)c1cc(N)c(-c2cc(CC)nn2CC)s1. The van der Waals surface area contributed by atoms with Gasteiger partial charge in [-0.1, -0.05) is 37.2 Å². The van der Waals surface area contributed by atoms with Crippen molar-refractivity contribution in [2.45, 2.75) is 26.8 Å². The number of halogens is 1. The van der Waals surface area contributed by atoms with E-state index in [0.717, 1.165) is 51.2 Å². The van der Waals surface area contributed by atoms with Crippen LogP contribution in [0.1, 0.15) is 24.4 Å². The molecule has 0 amide bonds. The number of nitrogens with one attached hydrogen (secondary N) is 1. The molecule has 0 bridgehead atoms. The van der Waals surface area contributed by atoms with Crippen LogP contribution in [-0.2, 0) is 13.0 Å². The van der Waals surface area contributed by atoms with Gasteiger partial charge in [-0.05, 0) is 37.6 Å². The monoisotopic (exact) mass is 372 g/mol. The van der Waals surface area contributed by atoms with Gasteiger partial charge in [0.2, 0.25) is 0 Å². The van der Waals surface area contributed by atoms with Crippen LogP contribution in [0.2, 0.25) is 5.02 Å². The predicted octanol–water partition coefficient (Wildman–Crippen LogP) is 5.51. The molecule has 2 heterocycles. The number of hydrogen-bond donors (Lipinski definition) is 2. The van der Waals surface area contributed by atoms with Crippen molar-refractivity contribution in [1.29, 1.82) is 0 Å². The summed E-state index contributed by atoms with van der Waals surface area (Å²) in [5, 5.41) is 8.54. The highest BCUT2D eigenvalue weighted by Gasteiger charge is 2.16. The van der Waals surface area contributed by atoms with Crippen LogP contribution in [0.25, 0.3) is 16.3 Å². The van der Waals surface area contributed by atoms with Crippen molar-refractivity contribution in [3.63, 3.8) is 0 Å². The number of nitrogen functional groups attached to an aromatic ring is 1. The molecule has 0 fully saturated rings. The third-order valence-electron chi connectivity index (χ3n) is 3.94. The fourth-order valence-corrected chi connectivity index (χ4v) is 3.82. The summed E-state index contributed by atoms with van der Waals surface area (Å²) in [5.74, 6) is 0. The first-order valence-electron chi connectivity index (χ1n) is 8.20. The molecule has 25 heavy (non-hydrogen) atoms. The minimum Gasteiger partial charge on any atom is -0.397 e. The van der Waals surface area contributed by atoms with Crippen LogP contribution < -0.4 is 11.1 Å². The van der Waals surface area contributed by atoms with Crippen molar-refractivity contribution in [3.05, 3.63) is 58.6 Å². The number of para-hydroxylation sites is 1. The molecule has 0 radical (unpaired) electrons. The molecule has 0 unspecified atom stereocenters. The number of nitrogens with zero attached hydrogens (tertiary/aromatic N) is 2. The number of anilines is 2. The Morgan fingerprint density at radius 3 is 2.76 bits per heavy atom. The summed E-state index contributed by atoms with van der Waals surface area (Å²) < 4.78 is 2.00. The largest absolute Gasteiger partial charge is 0.397 e. The smallest absolute Gasteiger partial charge is 0.0805 e. The Balaban J connectivity index is 1.91. The van der Waals surface area contributed by atoms with Crippen molar-refractivity contribution in [1.82, 2.24) is 9.78 Å². The summed E-state index contributed by atoms with van der Waals surface area (Å²) >= 11 is 7.82. The number of benzene rings is 1. The lowest BCUT2D eigenvalue weighted by molar-refractivity contribution is 0.656. The molecule has 6 heteroatoms. The van der Waals surface area contributed by atoms with Gasteiger partial charge in [0.05, 0.1) is 37.5 Å². The maximum Gasteiger partial charge on any atom is 0.0805 e. The van der Waals surface area contributed by atoms with E-state index in [2.05, 4.69) is 36.9 Å². The average molecular weight is 373 g/mol. The third-order valence-corrected chi connectivity index (χ3v) is 5.51. The van der Waals surface area contributed by atoms with Crippen molar-refractivity contribution in [2.24, 2.45) is 0 Å². The molecule has 3 rings (SSSR count). The lowest BCUT2D eigenvalue weighted by Gasteiger charge is -2.09. The van der Waals surface area contributed by atoms with E-state index in [9.17, 15) is 0 Å². The number of thiophene rings is 1. The molecular formula is C19H21ClN4S. The zero-order chi connectivity index (χ0) is 18.0. The van der Waals surface area contributed by atoms with Crippen LogP contribution in [0.5, 0.6) is 0 Å². The molecular weight excluding hydrogens is 352 g/mol. The van der Waals surface area contributed by atoms with Crippen LogP contribution in [0, 0.1) is 0 Å². The Labute approximate surface area is 156 Å². The zero-order valence-corrected chi connectivity index (χ0v) is 15.9. The predicted molar refractivity (Wildman–Crippen MR) is 109 cm³/mol. The van der Waals surface area contributed by atoms with Gasteiger partial charge in [-0.2, -0.15) is 5.10 Å². The molecule has 0 saturated heterocycles. The summed E-state index contributed by atoms with van der Waals surface area (Å²) in [4.78, 5) is 2.00. The van der Waals surface area contributed by atoms with Gasteiger partial charge in [-0.25, -0.2) is 0 Å². The van der Waals surface area contributed by atoms with Crippen LogP contribution in [0.3, 0.4) is 0 Å². The highest BCUT2D eigenvalue weighted by molar-refractivity contribution is 7.17. The Hall–Kier alpha value is -2.24. The quantitative estimate of drug-likeness (QED) is 0.599. The fraction of sp³-hybridized carbons (Fsp3) is 0.211. The Kier molecular flexibility index (Phi) is 5.16. The van der Waals surface area contributed by atoms with Gasteiger partial charge in [0.15, 0.2) is 0 Å². The fourth-order valence-electron chi connectivity index (χ4n) is 2.61. The minimum absolute atomic E-state index is 0.657. The number of nitrogens with two attached hydrogens (primary N) is 1. The summed E-state index contributed by atoms with van der Waals surface area (Å²) in [7, 11) is 0. The molecule has 0 spiro atoms. The number of aryl methyl sites for hydroxylation is 2. The molecule has 4 nitrogen and oxygen atoms in total. The topological polar surface area (TPSA) is 55.9 Å². The standard InChI is InChI=1S/C19H21ClN4S/c1-4-13-10-17(24(5-2)23-13)19-15(21)11-18(25-19)12(3)22-16-9-7-6-8-14(16)20/h6-11,22H,3-5,21H2,1-2H3. The summed E-state index contributed by atoms with van der Waals surface area (Å²) in [6.45, 7) is 9.13. The first-order chi connectivity index (χ1) is 12.0. The lowest BCUT2D eigenvalue weighted by atomic mass is 10.2. The van der Waals surface area contributed by atoms with E-state index in [4.69, 9.17) is 17.3 Å². The molecule has 3 aromatic rings. The van der Waals surface area contributed by atoms with Crippen molar-refractivity contribution < 1.29 is 0 Å². The van der Waals surface area contributed by atoms with E-state index in [1.54, 1.807) is 11.3 Å². The Bertz CT molecular complexity index is 910. The summed E-state index contributed by atoms with van der Waals surface area (Å²) in [5.41, 5.74) is 10.7. The van der Waals surface area contributed by atoms with Crippen LogP contribution in [-0.4, -0.2) is 9.78 Å². The first kappa shape index (κ1) is 17.6. The number of rotatable bonds is 6. The van der Waals surface area contributed by atoms with E-state index in [1.807, 2.05) is 35.0 Å². The van der Waals surface area contributed by atoms with Crippen LogP contribution in [0.4, 0.5) is 11.4 Å². The molecule has 0 saturated carbocycles. The van der Waals surface area contributed by atoms with Crippen LogP contribution >= 0.6 is 22.9 Å². The normalized spacial score (nSPS) is 10.8. The number of aromatic nitrogens is 2. The van der Waals surface area contributed by atoms with Gasteiger partial charge in [-0.15, -0.1) is 11.3 Å². The Morgan fingerprint density at radius 1 is 1.32 bits per heavy atom. The third kappa shape index (κ3) is 3.57. The van der Waals surface area contributed by atoms with Crippen LogP contribution in [0.15, 0.2) is 43.0 Å². The van der Waals surface area contributed by atoms with Crippen molar-refractivity contribution >= 4 is 40.0 Å². The van der Waals surface area contributed by atoms with Gasteiger partial charge < -0.3 is 11.1 Å². The Morgan fingerprint density at radius 2 is 2.08 bits per heavy atom. The summed E-state index contributed by atoms with van der Waals surface area (Å²) in [6, 6.07) is 11.7. The molecule has 2 aromatic heterocycles. The van der Waals surface area contributed by atoms with Crippen molar-refractivity contribution in [3.8, 4) is 10.6 Å². The molecule has 130 valence electrons. The lowest BCUT2D eigenvalue weighted by Crippen LogP contribution is -1.99. The van der Waals surface area contributed by atoms with E-state index in [1.165, 1.54) is 0 Å². The second-order valence-electron chi connectivity index (χ2n) is 5.67. The summed E-state index contributed by atoms with van der Waals surface area (Å²) in [6.07, 6.45) is 0.902. The molecule has 0 aliphatic carbocycles. The van der Waals surface area contributed by atoms with Gasteiger partial charge in [0.1, 0.15) is 0 Å². The van der Waals surface area contributed by atoms with Gasteiger partial charge in [-0.3, -0.25) is 4.68 Å². The highest BCUT2D eigenvalue weighted by Crippen LogP contribution is 2.38. The van der Waals surface area contributed by atoms with E-state index >= 15 is 0 Å². The molecule has 1 aromatic carbocycles. The zero-order valence-electron chi connectivity index (χ0n) is 14.3. The molecule has 0 aliphatic heterocycles. The number of hydrogen-bond acceptors (Lipinski definition) is 4. The van der Waals surface area contributed by atoms with E-state index in [0.29, 0.717) is 5.02 Å². The molecule has 0 aliphatic rings. The van der Waals surface area contributed by atoms with E-state index in [-0.39, 0.29) is 0 Å². The maximum absolute atomic E-state index is 6.28. The van der Waals surface area contributed by atoms with Gasteiger partial charge >= 0.3 is 0 Å². The second-order valence-corrected chi connectivity index (χ2v) is 7.13. The average Bonchev–Trinajstić information content (AvgIpc) is 3.19.